The molecule has 0 bridgehead atoms. The number of hydrogen-bond donors (Lipinski definition) is 0. The van der Waals surface area contributed by atoms with E-state index in [4.69, 9.17) is 77.0 Å². The Kier molecular flexibility index (Phi) is 10.2. The van der Waals surface area contributed by atoms with E-state index >= 15 is 0 Å². The Labute approximate surface area is 418 Å². The van der Waals surface area contributed by atoms with Gasteiger partial charge in [0.1, 0.15) is 70.6 Å². The molecule has 1 spiro atoms. The van der Waals surface area contributed by atoms with Gasteiger partial charge in [0.05, 0.1) is 22.7 Å². The summed E-state index contributed by atoms with van der Waals surface area (Å²) >= 11 is 0. The summed E-state index contributed by atoms with van der Waals surface area (Å²) in [6.45, 7) is 9.05. The van der Waals surface area contributed by atoms with Crippen LogP contribution in [-0.2, 0) is 10.8 Å². The summed E-state index contributed by atoms with van der Waals surface area (Å²) in [5, 5.41) is 0. The normalized spacial score (nSPS) is 16.8. The van der Waals surface area contributed by atoms with Gasteiger partial charge in [0.15, 0.2) is 0 Å². The van der Waals surface area contributed by atoms with Crippen molar-refractivity contribution in [2.75, 3.05) is 26.1 Å². The fourth-order valence-electron chi connectivity index (χ4n) is 11.5. The predicted octanol–water partition coefficient (Wildman–Crippen LogP) is 5.56. The average Bonchev–Trinajstić information content (AvgIpc) is 3.98. The number of allylic oxidation sites excluding steroid dienone is 3. The lowest BCUT2D eigenvalue weighted by atomic mass is 9.61. The summed E-state index contributed by atoms with van der Waals surface area (Å²) in [7, 11) is 61.7. The summed E-state index contributed by atoms with van der Waals surface area (Å²) in [5.41, 5.74) is 14.7. The van der Waals surface area contributed by atoms with Crippen molar-refractivity contribution >= 4 is 138 Å². The van der Waals surface area contributed by atoms with E-state index in [0.717, 1.165) is 50.7 Å². The molecule has 0 atom stereocenters. The van der Waals surface area contributed by atoms with Crippen molar-refractivity contribution in [2.24, 2.45) is 0 Å². The molecule has 0 amide bonds. The molecule has 2 heterocycles. The highest BCUT2D eigenvalue weighted by molar-refractivity contribution is 6.69. The molecule has 0 unspecified atom stereocenters. The minimum absolute atomic E-state index is 0.00906. The predicted molar refractivity (Wildman–Crippen MR) is 297 cm³/mol. The van der Waals surface area contributed by atoms with Gasteiger partial charge in [0.2, 0.25) is 0 Å². The van der Waals surface area contributed by atoms with Gasteiger partial charge in [-0.1, -0.05) is 135 Å². The third kappa shape index (κ3) is 6.03. The molecular weight excluding hydrogens is 826 g/mol. The molecule has 18 radical (unpaired) electrons. The maximum Gasteiger partial charge on any atom is 0.291 e. The second-order valence-electron chi connectivity index (χ2n) is 19.3. The molecule has 0 saturated heterocycles. The molecule has 0 fully saturated rings. The van der Waals surface area contributed by atoms with Gasteiger partial charge in [-0.25, -0.2) is 0 Å². The maximum atomic E-state index is 7.27. The standard InChI is InChI=1S/C56H37B9N4/c1-6-40(57)46(59)47(60)41(58)29-66-42-19-11-12-20-43(42)69(53-51(64)49(62)48(61)50(63)52(53)65)56(66)67(30-23-25-34-32-15-7-9-17-36(32)54(2,3)38(34)27-30)44-21-13-14-22-45(44)68(56)31-24-26-35-33-16-8-10-18-37(33)55(4,5)39(35)28-31/h1,7-28H,29H2,2-5H3/b46-40-,47-41-. The fourth-order valence-corrected chi connectivity index (χ4v) is 11.5. The van der Waals surface area contributed by atoms with E-state index in [0.29, 0.717) is 11.4 Å². The lowest BCUT2D eigenvalue weighted by molar-refractivity contribution is 0.453. The van der Waals surface area contributed by atoms with E-state index in [-0.39, 0.29) is 66.6 Å². The number of fused-ring (bicyclic) bond motifs is 8. The number of hydrogen-bond acceptors (Lipinski definition) is 4. The molecule has 0 aromatic heterocycles. The van der Waals surface area contributed by atoms with Gasteiger partial charge in [-0.2, -0.15) is 0 Å². The van der Waals surface area contributed by atoms with E-state index in [9.17, 15) is 0 Å². The van der Waals surface area contributed by atoms with Crippen LogP contribution in [0.15, 0.2) is 155 Å². The third-order valence-electron chi connectivity index (χ3n) is 15.0. The zero-order chi connectivity index (χ0) is 48.6. The lowest BCUT2D eigenvalue weighted by Crippen LogP contribution is -2.73. The fraction of sp³-hybridized carbons (Fsp3) is 0.143. The zero-order valence-corrected chi connectivity index (χ0v) is 39.0. The summed E-state index contributed by atoms with van der Waals surface area (Å²) < 4.78 is 0. The van der Waals surface area contributed by atoms with Crippen molar-refractivity contribution in [1.29, 1.82) is 0 Å². The van der Waals surface area contributed by atoms with Crippen LogP contribution in [-0.4, -0.2) is 83.1 Å². The van der Waals surface area contributed by atoms with E-state index in [1.807, 2.05) is 36.4 Å². The first-order chi connectivity index (χ1) is 33.0. The van der Waals surface area contributed by atoms with Gasteiger partial charge in [-0.15, -0.1) is 39.2 Å². The van der Waals surface area contributed by atoms with E-state index < -0.39 is 5.91 Å². The van der Waals surface area contributed by atoms with Crippen LogP contribution in [0.5, 0.6) is 0 Å². The summed E-state index contributed by atoms with van der Waals surface area (Å²) in [5.74, 6) is 0.843. The monoisotopic (exact) mass is 864 g/mol. The third-order valence-corrected chi connectivity index (χ3v) is 15.0. The molecule has 308 valence electrons. The molecule has 4 aliphatic rings. The Balaban J connectivity index is 1.30. The highest BCUT2D eigenvalue weighted by Gasteiger charge is 2.64. The first-order valence-corrected chi connectivity index (χ1v) is 22.8. The number of benzene rings is 7. The second kappa shape index (κ2) is 15.7. The van der Waals surface area contributed by atoms with Crippen LogP contribution >= 0.6 is 0 Å². The van der Waals surface area contributed by atoms with Crippen LogP contribution in [0.3, 0.4) is 0 Å². The maximum absolute atomic E-state index is 7.27. The lowest BCUT2D eigenvalue weighted by Gasteiger charge is -2.54. The van der Waals surface area contributed by atoms with Crippen LogP contribution in [0.1, 0.15) is 49.9 Å². The number of nitrogens with zero attached hydrogens (tertiary/aromatic N) is 4. The van der Waals surface area contributed by atoms with Crippen molar-refractivity contribution in [1.82, 2.24) is 0 Å². The van der Waals surface area contributed by atoms with Crippen LogP contribution < -0.4 is 46.9 Å². The van der Waals surface area contributed by atoms with Crippen LogP contribution in [0.4, 0.5) is 39.8 Å². The number of para-hydroxylation sites is 4. The molecule has 7 aromatic carbocycles. The molecule has 11 rings (SSSR count). The summed E-state index contributed by atoms with van der Waals surface area (Å²) in [6.07, 6.45) is 5.75. The molecule has 0 N–H and O–H groups in total. The van der Waals surface area contributed by atoms with Gasteiger partial charge < -0.3 is 4.90 Å². The molecule has 2 aliphatic heterocycles. The van der Waals surface area contributed by atoms with Gasteiger partial charge in [0.25, 0.3) is 5.91 Å². The highest BCUT2D eigenvalue weighted by Crippen LogP contribution is 2.64. The van der Waals surface area contributed by atoms with E-state index in [2.05, 4.69) is 150 Å². The smallest absolute Gasteiger partial charge is 0.291 e. The molecule has 0 saturated carbocycles. The zero-order valence-electron chi connectivity index (χ0n) is 39.0. The van der Waals surface area contributed by atoms with E-state index in [1.54, 1.807) is 0 Å². The Hall–Kier alpha value is -6.64. The van der Waals surface area contributed by atoms with Gasteiger partial charge in [0, 0.05) is 34.4 Å². The van der Waals surface area contributed by atoms with Gasteiger partial charge in [-0.3, -0.25) is 14.7 Å². The molecule has 69 heavy (non-hydrogen) atoms. The van der Waals surface area contributed by atoms with Crippen LogP contribution in [0.2, 0.25) is 0 Å². The molecule has 7 aromatic rings. The largest absolute Gasteiger partial charge is 0.308 e. The Bertz CT molecular complexity index is 3330. The SMILES string of the molecule is [B]/C(C#C)=C([B])/C([B])=C(/[B])CN1c2ccccc2N(c2c([B])c([B])c([B])c([B])c2[B])C12N(c1ccc3c(c1)C(C)(C)c1ccccc1-3)c1ccccc1N2c1ccc2c(c1)C(C)(C)c1ccccc1-2. The Morgan fingerprint density at radius 1 is 0.464 bits per heavy atom. The molecular formula is C56H37B9N4. The average molecular weight is 863 g/mol. The highest BCUT2D eigenvalue weighted by atomic mass is 15.8. The topological polar surface area (TPSA) is 13.0 Å². The van der Waals surface area contributed by atoms with Gasteiger partial charge >= 0.3 is 0 Å². The minimum Gasteiger partial charge on any atom is -0.308 e. The molecule has 13 heteroatoms. The van der Waals surface area contributed by atoms with Crippen LogP contribution in [0.25, 0.3) is 22.3 Å². The first-order valence-electron chi connectivity index (χ1n) is 22.8. The Morgan fingerprint density at radius 3 is 1.32 bits per heavy atom. The molecule has 4 nitrogen and oxygen atoms in total. The first kappa shape index (κ1) is 44.8. The second-order valence-corrected chi connectivity index (χ2v) is 19.3. The number of anilines is 7. The van der Waals surface area contributed by atoms with Crippen molar-refractivity contribution < 1.29 is 0 Å². The van der Waals surface area contributed by atoms with Crippen molar-refractivity contribution in [3.63, 3.8) is 0 Å². The van der Waals surface area contributed by atoms with Crippen molar-refractivity contribution in [3.05, 3.63) is 178 Å². The Morgan fingerprint density at radius 2 is 0.855 bits per heavy atom. The summed E-state index contributed by atoms with van der Waals surface area (Å²) in [6, 6.07) is 46.8. The van der Waals surface area contributed by atoms with Crippen molar-refractivity contribution in [3.8, 4) is 34.6 Å². The van der Waals surface area contributed by atoms with Crippen molar-refractivity contribution in [2.45, 2.75) is 44.4 Å². The quantitative estimate of drug-likeness (QED) is 0.124. The van der Waals surface area contributed by atoms with Gasteiger partial charge in [-0.05, 0) is 93.0 Å². The van der Waals surface area contributed by atoms with Crippen LogP contribution in [0, 0.1) is 12.3 Å². The minimum atomic E-state index is -1.57. The molecule has 2 aliphatic carbocycles. The van der Waals surface area contributed by atoms with E-state index in [1.165, 1.54) is 22.3 Å². The summed E-state index contributed by atoms with van der Waals surface area (Å²) in [4.78, 5) is 8.92. The number of rotatable bonds is 6. The number of terminal acetylenes is 1.